The molecular weight excluding hydrogens is 335 g/mol. The van der Waals surface area contributed by atoms with E-state index in [1.165, 1.54) is 103 Å². The van der Waals surface area contributed by atoms with Gasteiger partial charge in [0.05, 0.1) is 6.67 Å². The fourth-order valence-corrected chi connectivity index (χ4v) is 3.58. The highest BCUT2D eigenvalue weighted by Crippen LogP contribution is 2.20. The molecule has 0 rings (SSSR count). The number of unbranched alkanes of at least 4 members (excludes halogenated alkanes) is 15. The smallest absolute Gasteiger partial charge is 0.0894 e. The van der Waals surface area contributed by atoms with Crippen molar-refractivity contribution in [3.8, 4) is 0 Å². The molecule has 2 heteroatoms. The van der Waals surface area contributed by atoms with Crippen LogP contribution in [0.15, 0.2) is 0 Å². The molecule has 0 unspecified atom stereocenters. The van der Waals surface area contributed by atoms with Gasteiger partial charge in [-0.1, -0.05) is 111 Å². The first-order valence-electron chi connectivity index (χ1n) is 12.2. The number of halogens is 1. The second kappa shape index (κ2) is 20.6. The second-order valence-corrected chi connectivity index (χ2v) is 9.62. The Labute approximate surface area is 171 Å². The van der Waals surface area contributed by atoms with E-state index in [2.05, 4.69) is 20.8 Å². The lowest BCUT2D eigenvalue weighted by molar-refractivity contribution is 0.118. The lowest BCUT2D eigenvalue weighted by atomic mass is 9.91. The lowest BCUT2D eigenvalue weighted by Gasteiger charge is -2.17. The summed E-state index contributed by atoms with van der Waals surface area (Å²) in [5.41, 5.74) is 0.445. The zero-order valence-electron chi connectivity index (χ0n) is 19.1. The summed E-state index contributed by atoms with van der Waals surface area (Å²) < 4.78 is 17.7. The van der Waals surface area contributed by atoms with Gasteiger partial charge in [0, 0.05) is 13.2 Å². The van der Waals surface area contributed by atoms with Crippen LogP contribution in [0, 0.1) is 5.41 Å². The Morgan fingerprint density at radius 3 is 1.19 bits per heavy atom. The van der Waals surface area contributed by atoms with Crippen LogP contribution in [0.2, 0.25) is 0 Å². The van der Waals surface area contributed by atoms with Crippen molar-refractivity contribution in [2.24, 2.45) is 5.41 Å². The summed E-state index contributed by atoms with van der Waals surface area (Å²) in [6, 6.07) is 0. The molecule has 27 heavy (non-hydrogen) atoms. The Balaban J connectivity index is 3.01. The van der Waals surface area contributed by atoms with Gasteiger partial charge >= 0.3 is 0 Å². The van der Waals surface area contributed by atoms with E-state index in [4.69, 9.17) is 4.74 Å². The monoisotopic (exact) mass is 386 g/mol. The quantitative estimate of drug-likeness (QED) is 0.179. The molecule has 0 aromatic rings. The summed E-state index contributed by atoms with van der Waals surface area (Å²) in [4.78, 5) is 0. The minimum Gasteiger partial charge on any atom is -0.381 e. The Hall–Kier alpha value is -0.110. The van der Waals surface area contributed by atoms with Gasteiger partial charge < -0.3 is 4.74 Å². The van der Waals surface area contributed by atoms with E-state index >= 15 is 0 Å². The van der Waals surface area contributed by atoms with Crippen LogP contribution in [0.5, 0.6) is 0 Å². The van der Waals surface area contributed by atoms with E-state index in [0.717, 1.165) is 26.1 Å². The summed E-state index contributed by atoms with van der Waals surface area (Å²) >= 11 is 0. The van der Waals surface area contributed by atoms with Crippen LogP contribution in [-0.4, -0.2) is 19.9 Å². The standard InChI is InChI=1S/C25H51FO/c1-25(2,3)21-20-24-27-23-19-17-15-13-11-9-7-5-4-6-8-10-12-14-16-18-22-26/h4-24H2,1-3H3. The predicted molar refractivity (Wildman–Crippen MR) is 119 cm³/mol. The highest BCUT2D eigenvalue weighted by molar-refractivity contribution is 4.60. The van der Waals surface area contributed by atoms with Crippen LogP contribution in [-0.2, 0) is 4.74 Å². The van der Waals surface area contributed by atoms with Crippen LogP contribution in [0.1, 0.15) is 136 Å². The number of hydrogen-bond donors (Lipinski definition) is 0. The number of alkyl halides is 1. The molecule has 0 aromatic carbocycles. The molecule has 1 nitrogen and oxygen atoms in total. The van der Waals surface area contributed by atoms with Crippen molar-refractivity contribution < 1.29 is 9.13 Å². The fourth-order valence-electron chi connectivity index (χ4n) is 3.58. The topological polar surface area (TPSA) is 9.23 Å². The molecule has 0 aliphatic carbocycles. The van der Waals surface area contributed by atoms with Gasteiger partial charge in [-0.25, -0.2) is 0 Å². The first-order valence-corrected chi connectivity index (χ1v) is 12.2. The summed E-state index contributed by atoms with van der Waals surface area (Å²) in [7, 11) is 0. The molecule has 0 aliphatic rings. The van der Waals surface area contributed by atoms with Gasteiger partial charge in [-0.05, 0) is 31.1 Å². The highest BCUT2D eigenvalue weighted by atomic mass is 19.1. The number of rotatable bonds is 21. The Bertz CT molecular complexity index is 272. The van der Waals surface area contributed by atoms with Gasteiger partial charge in [0.25, 0.3) is 0 Å². The molecule has 0 atom stereocenters. The summed E-state index contributed by atoms with van der Waals surface area (Å²) in [5.74, 6) is 0. The molecule has 0 aliphatic heterocycles. The first kappa shape index (κ1) is 26.9. The van der Waals surface area contributed by atoms with Gasteiger partial charge in [0.1, 0.15) is 0 Å². The third-order valence-corrected chi connectivity index (χ3v) is 5.39. The normalized spacial score (nSPS) is 12.0. The Morgan fingerprint density at radius 2 is 0.815 bits per heavy atom. The SMILES string of the molecule is CC(C)(C)CCCOCCCCCCCCCCCCCCCCCCF. The molecule has 164 valence electrons. The first-order chi connectivity index (χ1) is 13.1. The second-order valence-electron chi connectivity index (χ2n) is 9.62. The number of hydrogen-bond acceptors (Lipinski definition) is 1. The van der Waals surface area contributed by atoms with E-state index < -0.39 is 0 Å². The molecule has 0 amide bonds. The maximum Gasteiger partial charge on any atom is 0.0894 e. The minimum absolute atomic E-state index is 0.133. The highest BCUT2D eigenvalue weighted by Gasteiger charge is 2.08. The van der Waals surface area contributed by atoms with Gasteiger partial charge in [0.2, 0.25) is 0 Å². The average Bonchev–Trinajstić information content (AvgIpc) is 2.62. The molecule has 0 radical (unpaired) electrons. The van der Waals surface area contributed by atoms with Crippen molar-refractivity contribution in [2.45, 2.75) is 136 Å². The van der Waals surface area contributed by atoms with Crippen molar-refractivity contribution >= 4 is 0 Å². The van der Waals surface area contributed by atoms with E-state index in [-0.39, 0.29) is 6.67 Å². The van der Waals surface area contributed by atoms with Gasteiger partial charge in [-0.3, -0.25) is 4.39 Å². The van der Waals surface area contributed by atoms with E-state index in [1.54, 1.807) is 0 Å². The van der Waals surface area contributed by atoms with Crippen LogP contribution in [0.3, 0.4) is 0 Å². The van der Waals surface area contributed by atoms with Crippen molar-refractivity contribution in [2.75, 3.05) is 19.9 Å². The third-order valence-electron chi connectivity index (χ3n) is 5.39. The maximum absolute atomic E-state index is 12.0. The molecule has 0 N–H and O–H groups in total. The zero-order valence-corrected chi connectivity index (χ0v) is 19.1. The summed E-state index contributed by atoms with van der Waals surface area (Å²) in [5, 5.41) is 0. The molecule has 0 spiro atoms. The number of ether oxygens (including phenoxy) is 1. The Morgan fingerprint density at radius 1 is 0.481 bits per heavy atom. The van der Waals surface area contributed by atoms with Crippen molar-refractivity contribution in [3.63, 3.8) is 0 Å². The fraction of sp³-hybridized carbons (Fsp3) is 1.00. The van der Waals surface area contributed by atoms with Crippen LogP contribution < -0.4 is 0 Å². The minimum atomic E-state index is -0.133. The molecule has 0 bridgehead atoms. The largest absolute Gasteiger partial charge is 0.381 e. The molecule has 0 saturated heterocycles. The molecule has 0 fully saturated rings. The van der Waals surface area contributed by atoms with Crippen LogP contribution in [0.25, 0.3) is 0 Å². The van der Waals surface area contributed by atoms with Gasteiger partial charge in [0.15, 0.2) is 0 Å². The predicted octanol–water partition coefficient (Wildman–Crippen LogP) is 9.04. The van der Waals surface area contributed by atoms with Crippen molar-refractivity contribution in [1.29, 1.82) is 0 Å². The van der Waals surface area contributed by atoms with E-state index in [1.807, 2.05) is 0 Å². The lowest BCUT2D eigenvalue weighted by Crippen LogP contribution is -2.07. The van der Waals surface area contributed by atoms with Crippen molar-refractivity contribution in [3.05, 3.63) is 0 Å². The van der Waals surface area contributed by atoms with Crippen molar-refractivity contribution in [1.82, 2.24) is 0 Å². The zero-order chi connectivity index (χ0) is 20.1. The summed E-state index contributed by atoms with van der Waals surface area (Å²) in [6.07, 6.45) is 23.5. The average molecular weight is 387 g/mol. The molecular formula is C25H51FO. The van der Waals surface area contributed by atoms with Gasteiger partial charge in [-0.15, -0.1) is 0 Å². The van der Waals surface area contributed by atoms with E-state index in [0.29, 0.717) is 5.41 Å². The van der Waals surface area contributed by atoms with E-state index in [9.17, 15) is 4.39 Å². The summed E-state index contributed by atoms with van der Waals surface area (Å²) in [6.45, 7) is 8.66. The van der Waals surface area contributed by atoms with Gasteiger partial charge in [-0.2, -0.15) is 0 Å². The third kappa shape index (κ3) is 25.9. The molecule has 0 aromatic heterocycles. The maximum atomic E-state index is 12.0. The van der Waals surface area contributed by atoms with Crippen LogP contribution in [0.4, 0.5) is 4.39 Å². The molecule has 0 heterocycles. The molecule has 0 saturated carbocycles. The van der Waals surface area contributed by atoms with Crippen LogP contribution >= 0.6 is 0 Å². The Kier molecular flexibility index (Phi) is 20.5.